The third-order valence-corrected chi connectivity index (χ3v) is 4.05. The fourth-order valence-electron chi connectivity index (χ4n) is 2.80. The molecule has 0 radical (unpaired) electrons. The number of piperidine rings is 1. The van der Waals surface area contributed by atoms with Gasteiger partial charge in [-0.15, -0.1) is 0 Å². The average Bonchev–Trinajstić information content (AvgIpc) is 3.01. The van der Waals surface area contributed by atoms with Crippen LogP contribution in [0.2, 0.25) is 0 Å². The Balaban J connectivity index is 1.71. The Morgan fingerprint density at radius 1 is 1.39 bits per heavy atom. The van der Waals surface area contributed by atoms with Crippen LogP contribution in [0.5, 0.6) is 0 Å². The molecule has 0 unspecified atom stereocenters. The Hall–Kier alpha value is -2.44. The molecule has 2 aromatic rings. The van der Waals surface area contributed by atoms with E-state index in [4.69, 9.17) is 4.52 Å². The van der Waals surface area contributed by atoms with Crippen LogP contribution in [-0.4, -0.2) is 53.1 Å². The molecule has 1 fully saturated rings. The lowest BCUT2D eigenvalue weighted by molar-refractivity contribution is 0.0695. The maximum Gasteiger partial charge on any atom is 0.255 e. The second-order valence-corrected chi connectivity index (χ2v) is 6.07. The van der Waals surface area contributed by atoms with Gasteiger partial charge in [0.2, 0.25) is 5.89 Å². The summed E-state index contributed by atoms with van der Waals surface area (Å²) in [5.41, 5.74) is 0.609. The van der Waals surface area contributed by atoms with E-state index in [-0.39, 0.29) is 11.8 Å². The molecule has 3 rings (SSSR count). The van der Waals surface area contributed by atoms with E-state index in [9.17, 15) is 4.79 Å². The fraction of sp³-hybridized carbons (Fsp3) is 0.500. The van der Waals surface area contributed by atoms with Gasteiger partial charge in [-0.1, -0.05) is 5.16 Å². The number of anilines is 1. The van der Waals surface area contributed by atoms with Crippen molar-refractivity contribution >= 4 is 11.7 Å². The maximum atomic E-state index is 12.7. The zero-order valence-corrected chi connectivity index (χ0v) is 13.7. The van der Waals surface area contributed by atoms with E-state index in [1.54, 1.807) is 13.1 Å². The first-order chi connectivity index (χ1) is 11.0. The number of rotatable bonds is 3. The molecule has 7 heteroatoms. The number of carbonyl (C=O) groups is 1. The van der Waals surface area contributed by atoms with Crippen molar-refractivity contribution in [3.05, 3.63) is 35.6 Å². The number of aromatic nitrogens is 3. The van der Waals surface area contributed by atoms with Gasteiger partial charge in [-0.05, 0) is 31.9 Å². The molecular formula is C16H21N5O2. The fourth-order valence-corrected chi connectivity index (χ4v) is 2.80. The highest BCUT2D eigenvalue weighted by molar-refractivity contribution is 5.94. The number of pyridine rings is 1. The third-order valence-electron chi connectivity index (χ3n) is 4.05. The average molecular weight is 315 g/mol. The van der Waals surface area contributed by atoms with Gasteiger partial charge in [-0.3, -0.25) is 4.79 Å². The van der Waals surface area contributed by atoms with E-state index in [0.29, 0.717) is 23.8 Å². The molecule has 0 aromatic carbocycles. The van der Waals surface area contributed by atoms with E-state index in [0.717, 1.165) is 25.2 Å². The number of carbonyl (C=O) groups excluding carboxylic acids is 1. The van der Waals surface area contributed by atoms with E-state index >= 15 is 0 Å². The van der Waals surface area contributed by atoms with Gasteiger partial charge in [0.15, 0.2) is 5.82 Å². The van der Waals surface area contributed by atoms with E-state index in [1.165, 1.54) is 0 Å². The molecule has 122 valence electrons. The van der Waals surface area contributed by atoms with Crippen LogP contribution in [0.3, 0.4) is 0 Å². The predicted molar refractivity (Wildman–Crippen MR) is 85.5 cm³/mol. The lowest BCUT2D eigenvalue weighted by Crippen LogP contribution is -2.39. The lowest BCUT2D eigenvalue weighted by Gasteiger charge is -2.31. The number of likely N-dealkylation sites (tertiary alicyclic amines) is 1. The molecular weight excluding hydrogens is 294 g/mol. The second-order valence-electron chi connectivity index (χ2n) is 6.07. The third kappa shape index (κ3) is 3.33. The Morgan fingerprint density at radius 3 is 2.83 bits per heavy atom. The van der Waals surface area contributed by atoms with Gasteiger partial charge >= 0.3 is 0 Å². The molecule has 0 aliphatic carbocycles. The minimum Gasteiger partial charge on any atom is -0.363 e. The quantitative estimate of drug-likeness (QED) is 0.860. The Kier molecular flexibility index (Phi) is 4.27. The molecule has 7 nitrogen and oxygen atoms in total. The van der Waals surface area contributed by atoms with Crippen molar-refractivity contribution in [3.63, 3.8) is 0 Å². The molecule has 1 aliphatic heterocycles. The Morgan fingerprint density at radius 2 is 2.22 bits per heavy atom. The first-order valence-corrected chi connectivity index (χ1v) is 7.77. The van der Waals surface area contributed by atoms with Crippen LogP contribution in [0, 0.1) is 6.92 Å². The maximum absolute atomic E-state index is 12.7. The number of hydrogen-bond acceptors (Lipinski definition) is 6. The van der Waals surface area contributed by atoms with Crippen LogP contribution >= 0.6 is 0 Å². The van der Waals surface area contributed by atoms with Crippen molar-refractivity contribution in [2.24, 2.45) is 0 Å². The van der Waals surface area contributed by atoms with Crippen LogP contribution < -0.4 is 4.90 Å². The van der Waals surface area contributed by atoms with Gasteiger partial charge in [0.05, 0.1) is 11.5 Å². The highest BCUT2D eigenvalue weighted by Crippen LogP contribution is 2.26. The predicted octanol–water partition coefficient (Wildman–Crippen LogP) is 1.86. The molecule has 1 amide bonds. The number of nitrogens with zero attached hydrogens (tertiary/aromatic N) is 5. The number of amides is 1. The summed E-state index contributed by atoms with van der Waals surface area (Å²) < 4.78 is 5.26. The van der Waals surface area contributed by atoms with E-state index in [1.807, 2.05) is 36.0 Å². The first-order valence-electron chi connectivity index (χ1n) is 7.77. The molecule has 1 aliphatic rings. The zero-order valence-electron chi connectivity index (χ0n) is 13.7. The van der Waals surface area contributed by atoms with Crippen molar-refractivity contribution in [1.82, 2.24) is 20.0 Å². The first kappa shape index (κ1) is 15.5. The summed E-state index contributed by atoms with van der Waals surface area (Å²) in [5, 5.41) is 3.84. The summed E-state index contributed by atoms with van der Waals surface area (Å²) in [6, 6.07) is 3.68. The largest absolute Gasteiger partial charge is 0.363 e. The molecule has 0 spiro atoms. The molecule has 2 aromatic heterocycles. The van der Waals surface area contributed by atoms with Gasteiger partial charge in [0.25, 0.3) is 5.91 Å². The minimum atomic E-state index is 0.00347. The monoisotopic (exact) mass is 315 g/mol. The topological polar surface area (TPSA) is 75.4 Å². The summed E-state index contributed by atoms with van der Waals surface area (Å²) in [4.78, 5) is 25.0. The van der Waals surface area contributed by atoms with Crippen molar-refractivity contribution < 1.29 is 9.32 Å². The molecule has 3 heterocycles. The Labute approximate surface area is 135 Å². The van der Waals surface area contributed by atoms with E-state index in [2.05, 4.69) is 15.1 Å². The van der Waals surface area contributed by atoms with Crippen LogP contribution in [-0.2, 0) is 0 Å². The molecule has 1 atom stereocenters. The summed E-state index contributed by atoms with van der Waals surface area (Å²) in [6.45, 7) is 3.16. The molecule has 1 saturated heterocycles. The van der Waals surface area contributed by atoms with Gasteiger partial charge in [0, 0.05) is 33.4 Å². The van der Waals surface area contributed by atoms with Crippen LogP contribution in [0.25, 0.3) is 0 Å². The number of hydrogen-bond donors (Lipinski definition) is 0. The smallest absolute Gasteiger partial charge is 0.255 e. The molecule has 0 N–H and O–H groups in total. The van der Waals surface area contributed by atoms with Crippen LogP contribution in [0.15, 0.2) is 22.9 Å². The highest BCUT2D eigenvalue weighted by Gasteiger charge is 2.28. The standard InChI is InChI=1S/C16H21N5O2/c1-11-18-15(23-19-11)13-5-4-8-21(10-13)16(22)12-6-7-14(17-9-12)20(2)3/h6-7,9,13H,4-5,8,10H2,1-3H3/t13-/m1/s1. The molecule has 23 heavy (non-hydrogen) atoms. The van der Waals surface area contributed by atoms with Gasteiger partial charge in [-0.25, -0.2) is 4.98 Å². The summed E-state index contributed by atoms with van der Waals surface area (Å²) >= 11 is 0. The van der Waals surface area contributed by atoms with Crippen molar-refractivity contribution in [3.8, 4) is 0 Å². The number of aryl methyl sites for hydroxylation is 1. The van der Waals surface area contributed by atoms with Gasteiger partial charge in [0.1, 0.15) is 5.82 Å². The highest BCUT2D eigenvalue weighted by atomic mass is 16.5. The lowest BCUT2D eigenvalue weighted by atomic mass is 9.97. The van der Waals surface area contributed by atoms with Crippen molar-refractivity contribution in [2.45, 2.75) is 25.7 Å². The summed E-state index contributed by atoms with van der Waals surface area (Å²) in [5.74, 6) is 2.21. The van der Waals surface area contributed by atoms with Crippen molar-refractivity contribution in [1.29, 1.82) is 0 Å². The SMILES string of the molecule is Cc1noc([C@@H]2CCCN(C(=O)c3ccc(N(C)C)nc3)C2)n1. The zero-order chi connectivity index (χ0) is 16.4. The van der Waals surface area contributed by atoms with Gasteiger partial charge in [-0.2, -0.15) is 4.98 Å². The van der Waals surface area contributed by atoms with Crippen LogP contribution in [0.1, 0.15) is 40.8 Å². The van der Waals surface area contributed by atoms with Crippen molar-refractivity contribution in [2.75, 3.05) is 32.1 Å². The minimum absolute atomic E-state index is 0.00347. The van der Waals surface area contributed by atoms with E-state index < -0.39 is 0 Å². The summed E-state index contributed by atoms with van der Waals surface area (Å²) in [6.07, 6.45) is 3.53. The normalized spacial score (nSPS) is 18.0. The van der Waals surface area contributed by atoms with Crippen LogP contribution in [0.4, 0.5) is 5.82 Å². The Bertz CT molecular complexity index is 680. The van der Waals surface area contributed by atoms with Gasteiger partial charge < -0.3 is 14.3 Å². The summed E-state index contributed by atoms with van der Waals surface area (Å²) in [7, 11) is 3.84. The molecule has 0 saturated carbocycles. The molecule has 0 bridgehead atoms. The second kappa shape index (κ2) is 6.36.